The summed E-state index contributed by atoms with van der Waals surface area (Å²) < 4.78 is 41.1. The van der Waals surface area contributed by atoms with Gasteiger partial charge < -0.3 is 20.5 Å². The third-order valence-electron chi connectivity index (χ3n) is 5.60. The highest BCUT2D eigenvalue weighted by atomic mass is 19.2. The molecule has 0 unspecified atom stereocenters. The molecule has 33 heavy (non-hydrogen) atoms. The van der Waals surface area contributed by atoms with Crippen molar-refractivity contribution in [3.63, 3.8) is 0 Å². The van der Waals surface area contributed by atoms with Crippen molar-refractivity contribution in [2.45, 2.75) is 18.9 Å². The number of fused-ring (bicyclic) bond motifs is 1. The lowest BCUT2D eigenvalue weighted by Gasteiger charge is -2.12. The third kappa shape index (κ3) is 3.93. The minimum Gasteiger partial charge on any atom is -0.497 e. The molecule has 1 fully saturated rings. The SMILES string of the molecule is COc1ccc(-n2nc3nc(NC[C@@H]4CCCO4)nc(-c4cccc(F)c4F)c3c2N)cc1. The molecule has 4 aromatic rings. The highest BCUT2D eigenvalue weighted by Gasteiger charge is 2.23. The summed E-state index contributed by atoms with van der Waals surface area (Å²) in [6.45, 7) is 1.21. The number of nitrogens with one attached hydrogen (secondary N) is 1. The lowest BCUT2D eigenvalue weighted by molar-refractivity contribution is 0.120. The molecule has 0 saturated carbocycles. The summed E-state index contributed by atoms with van der Waals surface area (Å²) in [4.78, 5) is 8.98. The number of aromatic nitrogens is 4. The summed E-state index contributed by atoms with van der Waals surface area (Å²) in [6, 6.07) is 11.0. The Morgan fingerprint density at radius 2 is 2.00 bits per heavy atom. The van der Waals surface area contributed by atoms with Gasteiger partial charge in [-0.1, -0.05) is 6.07 Å². The number of anilines is 2. The molecule has 1 atom stereocenters. The van der Waals surface area contributed by atoms with E-state index in [1.54, 1.807) is 31.4 Å². The highest BCUT2D eigenvalue weighted by molar-refractivity contribution is 5.99. The zero-order valence-corrected chi connectivity index (χ0v) is 17.9. The Kier molecular flexibility index (Phi) is 5.51. The van der Waals surface area contributed by atoms with Gasteiger partial charge in [-0.25, -0.2) is 18.4 Å². The maximum atomic E-state index is 14.8. The number of nitrogens with zero attached hydrogens (tertiary/aromatic N) is 4. The van der Waals surface area contributed by atoms with E-state index in [-0.39, 0.29) is 34.8 Å². The minimum atomic E-state index is -1.01. The van der Waals surface area contributed by atoms with E-state index < -0.39 is 11.6 Å². The van der Waals surface area contributed by atoms with Gasteiger partial charge in [0.1, 0.15) is 11.6 Å². The molecule has 3 heterocycles. The predicted octanol–water partition coefficient (Wildman–Crippen LogP) is 3.94. The molecule has 0 radical (unpaired) electrons. The first-order valence-corrected chi connectivity index (χ1v) is 10.6. The molecule has 2 aromatic heterocycles. The summed E-state index contributed by atoms with van der Waals surface area (Å²) in [5.41, 5.74) is 7.47. The lowest BCUT2D eigenvalue weighted by Crippen LogP contribution is -2.19. The van der Waals surface area contributed by atoms with Crippen molar-refractivity contribution in [1.82, 2.24) is 19.7 Å². The molecule has 1 saturated heterocycles. The van der Waals surface area contributed by atoms with Gasteiger partial charge in [-0.15, -0.1) is 5.10 Å². The van der Waals surface area contributed by atoms with Gasteiger partial charge in [0.05, 0.1) is 30.0 Å². The minimum absolute atomic E-state index is 0.0245. The van der Waals surface area contributed by atoms with Gasteiger partial charge in [0.2, 0.25) is 5.95 Å². The van der Waals surface area contributed by atoms with E-state index in [1.165, 1.54) is 16.8 Å². The standard InChI is InChI=1S/C23H22F2N6O2/c1-32-14-9-7-13(8-10-14)31-21(26)18-20(16-5-2-6-17(24)19(16)25)28-23(29-22(18)30-31)27-12-15-4-3-11-33-15/h2,5-10,15H,3-4,11-12,26H2,1H3,(H,27,29,30)/t15-/m0/s1. The van der Waals surface area contributed by atoms with Crippen LogP contribution in [0, 0.1) is 11.6 Å². The van der Waals surface area contributed by atoms with E-state index in [9.17, 15) is 8.78 Å². The van der Waals surface area contributed by atoms with Crippen LogP contribution in [0.15, 0.2) is 42.5 Å². The Labute approximate surface area is 188 Å². The van der Waals surface area contributed by atoms with E-state index in [4.69, 9.17) is 15.2 Å². The average molecular weight is 452 g/mol. The van der Waals surface area contributed by atoms with Crippen LogP contribution in [0.4, 0.5) is 20.5 Å². The molecule has 1 aliphatic rings. The Morgan fingerprint density at radius 3 is 2.73 bits per heavy atom. The number of methoxy groups -OCH3 is 1. The summed E-state index contributed by atoms with van der Waals surface area (Å²) in [6.07, 6.45) is 1.97. The van der Waals surface area contributed by atoms with Crippen molar-refractivity contribution in [3.05, 3.63) is 54.1 Å². The van der Waals surface area contributed by atoms with Crippen LogP contribution in [0.25, 0.3) is 28.0 Å². The van der Waals surface area contributed by atoms with Gasteiger partial charge in [-0.2, -0.15) is 4.98 Å². The number of ether oxygens (including phenoxy) is 2. The second-order valence-electron chi connectivity index (χ2n) is 7.71. The van der Waals surface area contributed by atoms with Gasteiger partial charge in [0.15, 0.2) is 17.3 Å². The van der Waals surface area contributed by atoms with Crippen LogP contribution in [0.1, 0.15) is 12.8 Å². The van der Waals surface area contributed by atoms with Crippen LogP contribution in [0.2, 0.25) is 0 Å². The molecular weight excluding hydrogens is 430 g/mol. The van der Waals surface area contributed by atoms with E-state index in [0.29, 0.717) is 23.4 Å². The van der Waals surface area contributed by atoms with Crippen molar-refractivity contribution in [3.8, 4) is 22.7 Å². The molecule has 1 aliphatic heterocycles. The first-order chi connectivity index (χ1) is 16.0. The Bertz CT molecular complexity index is 1300. The van der Waals surface area contributed by atoms with Gasteiger partial charge in [0, 0.05) is 18.7 Å². The fourth-order valence-electron chi connectivity index (χ4n) is 3.90. The molecule has 10 heteroatoms. The number of hydrogen-bond acceptors (Lipinski definition) is 7. The smallest absolute Gasteiger partial charge is 0.225 e. The van der Waals surface area contributed by atoms with E-state index >= 15 is 0 Å². The predicted molar refractivity (Wildman–Crippen MR) is 120 cm³/mol. The second-order valence-corrected chi connectivity index (χ2v) is 7.71. The van der Waals surface area contributed by atoms with Crippen LogP contribution < -0.4 is 15.8 Å². The van der Waals surface area contributed by atoms with Crippen molar-refractivity contribution in [2.24, 2.45) is 0 Å². The fraction of sp³-hybridized carbons (Fsp3) is 0.261. The zero-order chi connectivity index (χ0) is 22.9. The Morgan fingerprint density at radius 1 is 1.18 bits per heavy atom. The maximum absolute atomic E-state index is 14.8. The number of benzene rings is 2. The molecular formula is C23H22F2N6O2. The third-order valence-corrected chi connectivity index (χ3v) is 5.60. The zero-order valence-electron chi connectivity index (χ0n) is 17.9. The summed E-state index contributed by atoms with van der Waals surface area (Å²) >= 11 is 0. The van der Waals surface area contributed by atoms with E-state index in [0.717, 1.165) is 25.5 Å². The molecule has 3 N–H and O–H groups in total. The maximum Gasteiger partial charge on any atom is 0.225 e. The van der Waals surface area contributed by atoms with Crippen LogP contribution in [-0.4, -0.2) is 46.1 Å². The summed E-state index contributed by atoms with van der Waals surface area (Å²) in [7, 11) is 1.58. The Hall–Kier alpha value is -3.79. The molecule has 0 spiro atoms. The monoisotopic (exact) mass is 452 g/mol. The lowest BCUT2D eigenvalue weighted by atomic mass is 10.1. The molecule has 5 rings (SSSR count). The summed E-state index contributed by atoms with van der Waals surface area (Å²) in [5, 5.41) is 8.00. The first-order valence-electron chi connectivity index (χ1n) is 10.6. The van der Waals surface area contributed by atoms with Crippen molar-refractivity contribution in [2.75, 3.05) is 31.3 Å². The molecule has 8 nitrogen and oxygen atoms in total. The van der Waals surface area contributed by atoms with Crippen LogP contribution in [-0.2, 0) is 4.74 Å². The number of halogens is 2. The van der Waals surface area contributed by atoms with Gasteiger partial charge in [-0.05, 0) is 49.2 Å². The second kappa shape index (κ2) is 8.62. The number of nitrogen functional groups attached to an aromatic ring is 1. The van der Waals surface area contributed by atoms with Crippen molar-refractivity contribution < 1.29 is 18.3 Å². The van der Waals surface area contributed by atoms with Crippen LogP contribution in [0.3, 0.4) is 0 Å². The molecule has 2 aromatic carbocycles. The first kappa shape index (κ1) is 21.1. The van der Waals surface area contributed by atoms with Crippen LogP contribution in [0.5, 0.6) is 5.75 Å². The van der Waals surface area contributed by atoms with Gasteiger partial charge >= 0.3 is 0 Å². The van der Waals surface area contributed by atoms with Crippen molar-refractivity contribution in [1.29, 1.82) is 0 Å². The van der Waals surface area contributed by atoms with Gasteiger partial charge in [0.25, 0.3) is 0 Å². The molecule has 170 valence electrons. The molecule has 0 aliphatic carbocycles. The van der Waals surface area contributed by atoms with E-state index in [2.05, 4.69) is 20.4 Å². The molecule has 0 bridgehead atoms. The van der Waals surface area contributed by atoms with Gasteiger partial charge in [-0.3, -0.25) is 0 Å². The summed E-state index contributed by atoms with van der Waals surface area (Å²) in [5.74, 6) is -0.874. The number of nitrogens with two attached hydrogens (primary N) is 1. The van der Waals surface area contributed by atoms with E-state index in [1.807, 2.05) is 0 Å². The normalized spacial score (nSPS) is 15.8. The van der Waals surface area contributed by atoms with Crippen LogP contribution >= 0.6 is 0 Å². The quantitative estimate of drug-likeness (QED) is 0.457. The highest BCUT2D eigenvalue weighted by Crippen LogP contribution is 2.34. The fourth-order valence-corrected chi connectivity index (χ4v) is 3.90. The Balaban J connectivity index is 1.65. The average Bonchev–Trinajstić information content (AvgIpc) is 3.47. The number of rotatable bonds is 6. The largest absolute Gasteiger partial charge is 0.497 e. The molecule has 0 amide bonds. The topological polar surface area (TPSA) is 100 Å². The van der Waals surface area contributed by atoms with Crippen molar-refractivity contribution >= 4 is 22.8 Å². The number of hydrogen-bond donors (Lipinski definition) is 2.